The Balaban J connectivity index is 1.67. The van der Waals surface area contributed by atoms with Gasteiger partial charge in [0.25, 0.3) is 5.91 Å². The average Bonchev–Trinajstić information content (AvgIpc) is 3.24. The van der Waals surface area contributed by atoms with Crippen LogP contribution < -0.4 is 11.1 Å². The monoisotopic (exact) mass is 385 g/mol. The number of fused-ring (bicyclic) bond motifs is 1. The average molecular weight is 385 g/mol. The van der Waals surface area contributed by atoms with Crippen molar-refractivity contribution in [2.45, 2.75) is 24.0 Å². The predicted molar refractivity (Wildman–Crippen MR) is 97.2 cm³/mol. The number of carbonyl (C=O) groups excluding carboxylic acids is 1. The second kappa shape index (κ2) is 6.93. The zero-order valence-corrected chi connectivity index (χ0v) is 14.6. The van der Waals surface area contributed by atoms with Gasteiger partial charge in [-0.05, 0) is 24.3 Å². The molecule has 4 atom stereocenters. The molecule has 1 saturated heterocycles. The fraction of sp³-hybridized carbons (Fsp3) is 0.278. The van der Waals surface area contributed by atoms with E-state index in [1.807, 2.05) is 6.07 Å². The van der Waals surface area contributed by atoms with Crippen LogP contribution >= 0.6 is 0 Å². The normalized spacial score (nSPS) is 27.2. The van der Waals surface area contributed by atoms with Crippen molar-refractivity contribution in [3.8, 4) is 0 Å². The molecule has 0 spiro atoms. The van der Waals surface area contributed by atoms with E-state index in [9.17, 15) is 20.1 Å². The van der Waals surface area contributed by atoms with Gasteiger partial charge in [0.2, 0.25) is 0 Å². The lowest BCUT2D eigenvalue weighted by Crippen LogP contribution is -2.54. The van der Waals surface area contributed by atoms with Crippen LogP contribution in [0, 0.1) is 0 Å². The van der Waals surface area contributed by atoms with Crippen molar-refractivity contribution in [1.82, 2.24) is 14.6 Å². The zero-order chi connectivity index (χ0) is 19.9. The van der Waals surface area contributed by atoms with Gasteiger partial charge in [0.1, 0.15) is 30.2 Å². The van der Waals surface area contributed by atoms with Gasteiger partial charge in [-0.15, -0.1) is 0 Å². The summed E-state index contributed by atoms with van der Waals surface area (Å²) in [6.45, 7) is -0.668. The highest BCUT2D eigenvalue weighted by Gasteiger charge is 2.53. The molecule has 1 aliphatic heterocycles. The summed E-state index contributed by atoms with van der Waals surface area (Å²) in [5, 5.41) is 36.7. The van der Waals surface area contributed by atoms with Gasteiger partial charge in [-0.1, -0.05) is 18.2 Å². The number of aliphatic hydroxyl groups is 3. The van der Waals surface area contributed by atoms with Crippen LogP contribution in [0.3, 0.4) is 0 Å². The summed E-state index contributed by atoms with van der Waals surface area (Å²) < 4.78 is 6.95. The minimum Gasteiger partial charge on any atom is -0.392 e. The molecule has 0 radical (unpaired) electrons. The Labute approximate surface area is 159 Å². The summed E-state index contributed by atoms with van der Waals surface area (Å²) in [5.74, 6) is -0.0675. The van der Waals surface area contributed by atoms with Gasteiger partial charge in [0.05, 0.1) is 12.3 Å². The summed E-state index contributed by atoms with van der Waals surface area (Å²) in [5.41, 5.74) is 5.35. The number of anilines is 1. The number of amides is 1. The van der Waals surface area contributed by atoms with E-state index in [1.54, 1.807) is 36.4 Å². The van der Waals surface area contributed by atoms with Crippen LogP contribution in [0.4, 0.5) is 5.82 Å². The number of nitrogens with one attached hydrogen (secondary N) is 1. The van der Waals surface area contributed by atoms with Gasteiger partial charge in [-0.3, -0.25) is 10.5 Å². The summed E-state index contributed by atoms with van der Waals surface area (Å²) >= 11 is 0. The third-order valence-corrected chi connectivity index (χ3v) is 4.77. The molecule has 6 N–H and O–H groups in total. The minimum absolute atomic E-state index is 0.268. The molecule has 10 nitrogen and oxygen atoms in total. The lowest BCUT2D eigenvalue weighted by molar-refractivity contribution is -0.109. The van der Waals surface area contributed by atoms with Crippen LogP contribution in [0.15, 0.2) is 48.8 Å². The lowest BCUT2D eigenvalue weighted by Gasteiger charge is -2.24. The van der Waals surface area contributed by atoms with E-state index in [0.29, 0.717) is 16.8 Å². The van der Waals surface area contributed by atoms with Crippen LogP contribution in [-0.2, 0) is 4.74 Å². The van der Waals surface area contributed by atoms with Crippen LogP contribution in [0.5, 0.6) is 0 Å². The van der Waals surface area contributed by atoms with Gasteiger partial charge in [0.15, 0.2) is 11.5 Å². The summed E-state index contributed by atoms with van der Waals surface area (Å²) in [7, 11) is 0. The Morgan fingerprint density at radius 3 is 2.68 bits per heavy atom. The smallest absolute Gasteiger partial charge is 0.256 e. The van der Waals surface area contributed by atoms with Crippen molar-refractivity contribution in [3.63, 3.8) is 0 Å². The summed E-state index contributed by atoms with van der Waals surface area (Å²) in [4.78, 5) is 16.5. The molecule has 146 valence electrons. The number of benzene rings is 1. The maximum atomic E-state index is 12.4. The molecular weight excluding hydrogens is 366 g/mol. The number of ether oxygens (including phenoxy) is 1. The van der Waals surface area contributed by atoms with E-state index < -0.39 is 30.6 Å². The number of nitrogens with two attached hydrogens (primary N) is 1. The van der Waals surface area contributed by atoms with Gasteiger partial charge < -0.3 is 25.4 Å². The van der Waals surface area contributed by atoms with Crippen LogP contribution in [-0.4, -0.2) is 60.4 Å². The highest BCUT2D eigenvalue weighted by molar-refractivity contribution is 6.05. The van der Waals surface area contributed by atoms with Crippen LogP contribution in [0.25, 0.3) is 5.52 Å². The molecule has 0 saturated carbocycles. The fourth-order valence-electron chi connectivity index (χ4n) is 3.23. The number of hydrogen-bond acceptors (Lipinski definition) is 8. The Kier molecular flexibility index (Phi) is 4.57. The number of nitrogens with zero attached hydrogens (tertiary/aromatic N) is 3. The first kappa shape index (κ1) is 18.5. The third kappa shape index (κ3) is 2.93. The summed E-state index contributed by atoms with van der Waals surface area (Å²) in [6, 6.07) is 11.9. The Hall–Kier alpha value is -2.89. The molecule has 3 heterocycles. The van der Waals surface area contributed by atoms with Crippen LogP contribution in [0.2, 0.25) is 0 Å². The molecule has 1 fully saturated rings. The van der Waals surface area contributed by atoms with E-state index in [2.05, 4.69) is 15.4 Å². The van der Waals surface area contributed by atoms with Crippen molar-refractivity contribution in [2.75, 3.05) is 11.9 Å². The first-order valence-corrected chi connectivity index (χ1v) is 8.57. The quantitative estimate of drug-likeness (QED) is 0.400. The predicted octanol–water partition coefficient (Wildman–Crippen LogP) is -0.578. The van der Waals surface area contributed by atoms with Gasteiger partial charge in [-0.25, -0.2) is 9.50 Å². The number of rotatable bonds is 4. The second-order valence-corrected chi connectivity index (χ2v) is 6.57. The maximum absolute atomic E-state index is 12.4. The molecule has 0 unspecified atom stereocenters. The Bertz CT molecular complexity index is 1010. The Morgan fingerprint density at radius 2 is 2.00 bits per heavy atom. The SMILES string of the molecule is N[C@]1(CO)O[C@@H](c2ccc3c(NC(=O)c4ccccc4)ncnn23)[C@H](O)[C@@H]1O. The van der Waals surface area contributed by atoms with E-state index >= 15 is 0 Å². The number of aromatic nitrogens is 3. The molecule has 1 amide bonds. The van der Waals surface area contributed by atoms with Gasteiger partial charge >= 0.3 is 0 Å². The van der Waals surface area contributed by atoms with Crippen molar-refractivity contribution >= 4 is 17.2 Å². The van der Waals surface area contributed by atoms with Gasteiger partial charge in [-0.2, -0.15) is 5.10 Å². The topological polar surface area (TPSA) is 155 Å². The van der Waals surface area contributed by atoms with E-state index in [0.717, 1.165) is 0 Å². The molecule has 0 bridgehead atoms. The zero-order valence-electron chi connectivity index (χ0n) is 14.6. The Morgan fingerprint density at radius 1 is 1.25 bits per heavy atom. The number of hydrogen-bond donors (Lipinski definition) is 5. The van der Waals surface area contributed by atoms with E-state index in [-0.39, 0.29) is 11.7 Å². The highest BCUT2D eigenvalue weighted by Crippen LogP contribution is 2.38. The molecule has 1 aromatic carbocycles. The van der Waals surface area contributed by atoms with E-state index in [4.69, 9.17) is 10.5 Å². The highest BCUT2D eigenvalue weighted by atomic mass is 16.6. The lowest BCUT2D eigenvalue weighted by atomic mass is 10.0. The molecule has 2 aromatic heterocycles. The molecular formula is C18H19N5O5. The van der Waals surface area contributed by atoms with Crippen molar-refractivity contribution in [1.29, 1.82) is 0 Å². The van der Waals surface area contributed by atoms with E-state index in [1.165, 1.54) is 10.8 Å². The van der Waals surface area contributed by atoms with Crippen molar-refractivity contribution in [3.05, 3.63) is 60.0 Å². The molecule has 28 heavy (non-hydrogen) atoms. The number of aliphatic hydroxyl groups excluding tert-OH is 3. The fourth-order valence-corrected chi connectivity index (χ4v) is 3.23. The second-order valence-electron chi connectivity index (χ2n) is 6.57. The number of carbonyl (C=O) groups is 1. The molecule has 10 heteroatoms. The first-order chi connectivity index (χ1) is 13.4. The van der Waals surface area contributed by atoms with Crippen LogP contribution in [0.1, 0.15) is 22.2 Å². The largest absolute Gasteiger partial charge is 0.392 e. The van der Waals surface area contributed by atoms with Gasteiger partial charge in [0, 0.05) is 5.56 Å². The standard InChI is InChI=1S/C18H19N5O5/c19-18(8-24)15(26)13(25)14(28-18)11-6-7-12-16(20-9-21-23(11)12)22-17(27)10-4-2-1-3-5-10/h1-7,9,13-15,24-26H,8,19H2,(H,20,21,22,27)/t13-,14-,15-,18+/m0/s1. The maximum Gasteiger partial charge on any atom is 0.256 e. The van der Waals surface area contributed by atoms with Crippen molar-refractivity contribution in [2.24, 2.45) is 5.73 Å². The summed E-state index contributed by atoms with van der Waals surface area (Å²) in [6.07, 6.45) is -2.63. The third-order valence-electron chi connectivity index (χ3n) is 4.77. The molecule has 4 rings (SSSR count). The molecule has 0 aliphatic carbocycles. The van der Waals surface area contributed by atoms with Crippen molar-refractivity contribution < 1.29 is 24.9 Å². The molecule has 3 aromatic rings. The minimum atomic E-state index is -1.79. The molecule has 1 aliphatic rings. The first-order valence-electron chi connectivity index (χ1n) is 8.57.